The van der Waals surface area contributed by atoms with Crippen molar-refractivity contribution in [1.82, 2.24) is 15.8 Å². The molecule has 5 N–H and O–H groups in total. The number of amidine groups is 1. The lowest BCUT2D eigenvalue weighted by molar-refractivity contribution is -0.143. The molecule has 0 spiro atoms. The van der Waals surface area contributed by atoms with Crippen molar-refractivity contribution in [3.05, 3.63) is 35.9 Å². The number of carbonyl (C=O) groups is 2. The fourth-order valence-electron chi connectivity index (χ4n) is 2.98. The van der Waals surface area contributed by atoms with Crippen LogP contribution < -0.4 is 16.5 Å². The third kappa shape index (κ3) is 5.75. The lowest BCUT2D eigenvalue weighted by Crippen LogP contribution is -2.59. The first-order chi connectivity index (χ1) is 15.1. The van der Waals surface area contributed by atoms with Crippen LogP contribution in [0.4, 0.5) is 0 Å². The first-order valence-corrected chi connectivity index (χ1v) is 12.9. The first kappa shape index (κ1) is 27.3. The third-order valence-corrected chi connectivity index (χ3v) is 8.34. The summed E-state index contributed by atoms with van der Waals surface area (Å²) in [6.07, 6.45) is 0. The molecule has 12 heteroatoms. The van der Waals surface area contributed by atoms with Crippen LogP contribution in [0.1, 0.15) is 47.1 Å². The molecule has 2 atom stereocenters. The number of hydrogen-bond acceptors (Lipinski definition) is 9. The quantitative estimate of drug-likeness (QED) is 0.430. The number of hydrazone groups is 1. The zero-order chi connectivity index (χ0) is 25.2. The SMILES string of the molecule is CC(C)(C)C(=O)NC1=NN(C(=O)C(C)(C)C)C(c2ccccc2)(C(N)S(=O)(=O)CCNO)S1. The number of rotatable bonds is 6. The molecular weight excluding hydrogens is 466 g/mol. The van der Waals surface area contributed by atoms with E-state index in [4.69, 9.17) is 10.9 Å². The Balaban J connectivity index is 2.72. The highest BCUT2D eigenvalue weighted by Crippen LogP contribution is 2.50. The normalized spacial score (nSPS) is 20.4. The van der Waals surface area contributed by atoms with Crippen molar-refractivity contribution in [3.8, 4) is 0 Å². The van der Waals surface area contributed by atoms with Crippen molar-refractivity contribution in [1.29, 1.82) is 0 Å². The maximum absolute atomic E-state index is 13.5. The van der Waals surface area contributed by atoms with E-state index in [2.05, 4.69) is 10.4 Å². The van der Waals surface area contributed by atoms with Crippen LogP contribution in [0, 0.1) is 10.8 Å². The number of hydrogen-bond donors (Lipinski definition) is 4. The van der Waals surface area contributed by atoms with Crippen LogP contribution in [0.5, 0.6) is 0 Å². The van der Waals surface area contributed by atoms with E-state index in [1.165, 1.54) is 0 Å². The average Bonchev–Trinajstić information content (AvgIpc) is 3.10. The van der Waals surface area contributed by atoms with E-state index in [0.717, 1.165) is 16.8 Å². The smallest absolute Gasteiger partial charge is 0.249 e. The fourth-order valence-corrected chi connectivity index (χ4v) is 6.06. The maximum Gasteiger partial charge on any atom is 0.249 e. The molecule has 1 aromatic carbocycles. The van der Waals surface area contributed by atoms with Gasteiger partial charge in [-0.05, 0) is 17.3 Å². The molecule has 1 aromatic rings. The van der Waals surface area contributed by atoms with Gasteiger partial charge in [0.15, 0.2) is 19.9 Å². The minimum absolute atomic E-state index is 0.0716. The Bertz CT molecular complexity index is 1020. The molecule has 0 aromatic heterocycles. The van der Waals surface area contributed by atoms with Gasteiger partial charge in [-0.3, -0.25) is 9.59 Å². The van der Waals surface area contributed by atoms with Gasteiger partial charge in [-0.1, -0.05) is 71.9 Å². The van der Waals surface area contributed by atoms with Crippen LogP contribution in [0.15, 0.2) is 35.4 Å². The fraction of sp³-hybridized carbons (Fsp3) is 0.571. The molecule has 2 rings (SSSR count). The molecule has 1 aliphatic rings. The molecule has 2 unspecified atom stereocenters. The van der Waals surface area contributed by atoms with E-state index in [1.807, 2.05) is 5.48 Å². The van der Waals surface area contributed by atoms with Crippen molar-refractivity contribution < 1.29 is 23.2 Å². The molecule has 1 aliphatic heterocycles. The number of thioether (sulfide) groups is 1. The van der Waals surface area contributed by atoms with Crippen LogP contribution in [0.2, 0.25) is 0 Å². The van der Waals surface area contributed by atoms with Crippen molar-refractivity contribution >= 4 is 38.6 Å². The highest BCUT2D eigenvalue weighted by molar-refractivity contribution is 8.15. The molecule has 184 valence electrons. The molecule has 0 bridgehead atoms. The maximum atomic E-state index is 13.5. The van der Waals surface area contributed by atoms with Gasteiger partial charge in [0.25, 0.3) is 0 Å². The van der Waals surface area contributed by atoms with Crippen molar-refractivity contribution in [2.75, 3.05) is 12.3 Å². The summed E-state index contributed by atoms with van der Waals surface area (Å²) in [7, 11) is -4.05. The molecule has 0 fully saturated rings. The molecule has 0 aliphatic carbocycles. The number of nitrogens with two attached hydrogens (primary N) is 1. The van der Waals surface area contributed by atoms with Gasteiger partial charge < -0.3 is 16.3 Å². The topological polar surface area (TPSA) is 154 Å². The van der Waals surface area contributed by atoms with Gasteiger partial charge in [0.2, 0.25) is 11.8 Å². The van der Waals surface area contributed by atoms with Crippen LogP contribution >= 0.6 is 11.8 Å². The Labute approximate surface area is 199 Å². The van der Waals surface area contributed by atoms with Gasteiger partial charge in [-0.15, -0.1) is 5.10 Å². The lowest BCUT2D eigenvalue weighted by atomic mass is 9.93. The minimum atomic E-state index is -4.05. The summed E-state index contributed by atoms with van der Waals surface area (Å²) < 4.78 is 26.4. The predicted octanol–water partition coefficient (Wildman–Crippen LogP) is 1.57. The highest BCUT2D eigenvalue weighted by atomic mass is 32.2. The summed E-state index contributed by atoms with van der Waals surface area (Å²) >= 11 is 0.913. The molecule has 0 saturated carbocycles. The van der Waals surface area contributed by atoms with E-state index in [-0.39, 0.29) is 17.6 Å². The summed E-state index contributed by atoms with van der Waals surface area (Å²) in [6.45, 7) is 9.99. The zero-order valence-electron chi connectivity index (χ0n) is 19.7. The molecule has 0 radical (unpaired) electrons. The van der Waals surface area contributed by atoms with Gasteiger partial charge in [-0.25, -0.2) is 18.9 Å². The summed E-state index contributed by atoms with van der Waals surface area (Å²) in [5.74, 6) is -1.28. The predicted molar refractivity (Wildman–Crippen MR) is 129 cm³/mol. The number of hydroxylamine groups is 1. The Hall–Kier alpha value is -1.99. The second-order valence-electron chi connectivity index (χ2n) is 9.84. The zero-order valence-corrected chi connectivity index (χ0v) is 21.4. The molecule has 1 heterocycles. The monoisotopic (exact) mass is 499 g/mol. The van der Waals surface area contributed by atoms with Gasteiger partial charge in [0.05, 0.1) is 5.75 Å². The molecular formula is C21H33N5O5S2. The van der Waals surface area contributed by atoms with Crippen LogP contribution in [0.25, 0.3) is 0 Å². The third-order valence-electron chi connectivity index (χ3n) is 4.95. The Kier molecular flexibility index (Phi) is 8.02. The van der Waals surface area contributed by atoms with Crippen molar-refractivity contribution in [2.45, 2.75) is 51.8 Å². The average molecular weight is 500 g/mol. The molecule has 0 saturated heterocycles. The van der Waals surface area contributed by atoms with Gasteiger partial charge in [-0.2, -0.15) is 0 Å². The largest absolute Gasteiger partial charge is 0.317 e. The number of nitrogens with zero attached hydrogens (tertiary/aromatic N) is 2. The Morgan fingerprint density at radius 3 is 2.21 bits per heavy atom. The van der Waals surface area contributed by atoms with Crippen molar-refractivity contribution in [2.24, 2.45) is 21.7 Å². The lowest BCUT2D eigenvalue weighted by Gasteiger charge is -2.41. The summed E-state index contributed by atoms with van der Waals surface area (Å²) in [5, 5.41) is 15.5. The summed E-state index contributed by atoms with van der Waals surface area (Å²) in [6, 6.07) is 8.50. The van der Waals surface area contributed by atoms with Crippen LogP contribution in [0.3, 0.4) is 0 Å². The number of sulfone groups is 1. The van der Waals surface area contributed by atoms with E-state index in [1.54, 1.807) is 71.9 Å². The van der Waals surface area contributed by atoms with E-state index < -0.39 is 42.6 Å². The second kappa shape index (κ2) is 9.71. The number of amides is 2. The van der Waals surface area contributed by atoms with Gasteiger partial charge >= 0.3 is 0 Å². The minimum Gasteiger partial charge on any atom is -0.317 e. The molecule has 2 amide bonds. The Morgan fingerprint density at radius 1 is 1.15 bits per heavy atom. The van der Waals surface area contributed by atoms with Gasteiger partial charge in [0.1, 0.15) is 5.37 Å². The van der Waals surface area contributed by atoms with Crippen LogP contribution in [-0.2, 0) is 24.3 Å². The van der Waals surface area contributed by atoms with Gasteiger partial charge in [0, 0.05) is 17.4 Å². The van der Waals surface area contributed by atoms with Crippen molar-refractivity contribution in [3.63, 3.8) is 0 Å². The Morgan fingerprint density at radius 2 is 1.73 bits per heavy atom. The standard InChI is InChI=1S/C21H33N5O5S2/c1-19(2,3)16(27)24-18-25-26(17(28)20(4,5)6)21(32-18,14-10-8-7-9-11-14)15(22)33(30,31)13-12-23-29/h7-11,15,23,29H,12-13,22H2,1-6H3,(H,24,25,27). The van der Waals surface area contributed by atoms with E-state index in [9.17, 15) is 18.0 Å². The van der Waals surface area contributed by atoms with Crippen LogP contribution in [-0.4, -0.2) is 53.3 Å². The second-order valence-corrected chi connectivity index (χ2v) is 13.3. The highest BCUT2D eigenvalue weighted by Gasteiger charge is 2.58. The molecule has 10 nitrogen and oxygen atoms in total. The van der Waals surface area contributed by atoms with E-state index >= 15 is 0 Å². The summed E-state index contributed by atoms with van der Waals surface area (Å²) in [4.78, 5) is 24.5. The molecule has 33 heavy (non-hydrogen) atoms. The summed E-state index contributed by atoms with van der Waals surface area (Å²) in [5.41, 5.74) is 7.00. The number of benzene rings is 1. The first-order valence-electron chi connectivity index (χ1n) is 10.4. The number of nitrogens with one attached hydrogen (secondary N) is 2. The van der Waals surface area contributed by atoms with E-state index in [0.29, 0.717) is 5.56 Å². The number of carbonyl (C=O) groups excluding carboxylic acids is 2.